The van der Waals surface area contributed by atoms with Gasteiger partial charge in [-0.2, -0.15) is 13.2 Å². The monoisotopic (exact) mass is 428 g/mol. The molecule has 0 saturated carbocycles. The van der Waals surface area contributed by atoms with Gasteiger partial charge in [0, 0.05) is 35.6 Å². The Labute approximate surface area is 176 Å². The molecule has 0 spiro atoms. The van der Waals surface area contributed by atoms with E-state index in [2.05, 4.69) is 16.8 Å². The normalized spacial score (nSPS) is 23.5. The quantitative estimate of drug-likeness (QED) is 0.554. The highest BCUT2D eigenvalue weighted by molar-refractivity contribution is 8.14. The number of amidine groups is 1. The van der Waals surface area contributed by atoms with Gasteiger partial charge in [-0.15, -0.1) is 0 Å². The number of hydrogen-bond acceptors (Lipinski definition) is 4. The maximum absolute atomic E-state index is 13.3. The van der Waals surface area contributed by atoms with Gasteiger partial charge < -0.3 is 9.47 Å². The summed E-state index contributed by atoms with van der Waals surface area (Å²) in [6.45, 7) is 3.00. The molecule has 4 heterocycles. The molecular weight excluding hydrogens is 409 g/mol. The summed E-state index contributed by atoms with van der Waals surface area (Å²) in [5, 5.41) is 1.38. The zero-order valence-electron chi connectivity index (χ0n) is 16.1. The molecule has 0 radical (unpaired) electrons. The van der Waals surface area contributed by atoms with E-state index in [9.17, 15) is 13.2 Å². The molecule has 154 valence electrons. The number of fused-ring (bicyclic) bond motifs is 1. The number of rotatable bonds is 3. The van der Waals surface area contributed by atoms with Crippen molar-refractivity contribution in [3.8, 4) is 5.69 Å². The number of aliphatic imine (C=N–C) groups is 1. The molecule has 30 heavy (non-hydrogen) atoms. The molecule has 4 nitrogen and oxygen atoms in total. The molecule has 0 N–H and O–H groups in total. The summed E-state index contributed by atoms with van der Waals surface area (Å²) in [6, 6.07) is 14.7. The number of halogens is 3. The molecule has 1 saturated heterocycles. The fourth-order valence-corrected chi connectivity index (χ4v) is 5.23. The van der Waals surface area contributed by atoms with Gasteiger partial charge in [0.1, 0.15) is 6.04 Å². The van der Waals surface area contributed by atoms with Crippen molar-refractivity contribution >= 4 is 16.9 Å². The Hall–Kier alpha value is -2.74. The van der Waals surface area contributed by atoms with E-state index in [0.717, 1.165) is 29.2 Å². The van der Waals surface area contributed by atoms with Gasteiger partial charge in [-0.3, -0.25) is 9.98 Å². The van der Waals surface area contributed by atoms with E-state index >= 15 is 0 Å². The maximum atomic E-state index is 13.3. The van der Waals surface area contributed by atoms with Crippen molar-refractivity contribution in [1.82, 2.24) is 14.5 Å². The van der Waals surface area contributed by atoms with E-state index in [1.54, 1.807) is 24.0 Å². The number of alkyl halides is 3. The lowest BCUT2D eigenvalue weighted by atomic mass is 10.0. The van der Waals surface area contributed by atoms with Crippen molar-refractivity contribution < 1.29 is 13.2 Å². The lowest BCUT2D eigenvalue weighted by molar-refractivity contribution is -0.137. The lowest BCUT2D eigenvalue weighted by Crippen LogP contribution is -2.30. The van der Waals surface area contributed by atoms with Crippen LogP contribution in [-0.4, -0.2) is 31.4 Å². The van der Waals surface area contributed by atoms with Crippen LogP contribution in [0.5, 0.6) is 0 Å². The van der Waals surface area contributed by atoms with Gasteiger partial charge in [0.15, 0.2) is 5.17 Å². The summed E-state index contributed by atoms with van der Waals surface area (Å²) in [7, 11) is 0. The zero-order chi connectivity index (χ0) is 20.9. The van der Waals surface area contributed by atoms with Crippen LogP contribution in [0.15, 0.2) is 72.0 Å². The van der Waals surface area contributed by atoms with Crippen LogP contribution in [0.1, 0.15) is 36.0 Å². The van der Waals surface area contributed by atoms with E-state index in [-0.39, 0.29) is 12.1 Å². The molecule has 3 atom stereocenters. The van der Waals surface area contributed by atoms with Crippen molar-refractivity contribution in [1.29, 1.82) is 0 Å². The Balaban J connectivity index is 1.60. The Morgan fingerprint density at radius 1 is 1.07 bits per heavy atom. The van der Waals surface area contributed by atoms with E-state index in [1.807, 2.05) is 41.1 Å². The van der Waals surface area contributed by atoms with Crippen molar-refractivity contribution in [3.63, 3.8) is 0 Å². The number of nitrogens with zero attached hydrogens (tertiary/aromatic N) is 4. The second-order valence-corrected chi connectivity index (χ2v) is 8.89. The number of pyridine rings is 1. The predicted molar refractivity (Wildman–Crippen MR) is 112 cm³/mol. The summed E-state index contributed by atoms with van der Waals surface area (Å²) < 4.78 is 41.6. The van der Waals surface area contributed by atoms with Crippen LogP contribution in [0.25, 0.3) is 5.69 Å². The molecule has 1 aromatic carbocycles. The molecule has 3 aromatic rings. The van der Waals surface area contributed by atoms with Crippen LogP contribution in [-0.2, 0) is 6.18 Å². The topological polar surface area (TPSA) is 33.4 Å². The van der Waals surface area contributed by atoms with Gasteiger partial charge >= 0.3 is 6.18 Å². The molecule has 0 bridgehead atoms. The molecule has 5 rings (SSSR count). The third kappa shape index (κ3) is 3.29. The first-order valence-corrected chi connectivity index (χ1v) is 10.6. The first-order chi connectivity index (χ1) is 14.4. The molecule has 0 aliphatic carbocycles. The third-order valence-corrected chi connectivity index (χ3v) is 6.52. The summed E-state index contributed by atoms with van der Waals surface area (Å²) in [4.78, 5) is 11.7. The molecule has 1 fully saturated rings. The molecule has 2 aliphatic rings. The highest BCUT2D eigenvalue weighted by atomic mass is 32.2. The van der Waals surface area contributed by atoms with Gasteiger partial charge in [-0.05, 0) is 42.5 Å². The standard InChI is InChI=1S/C22H19F3N4S/c1-14-13-29-20(19(27-21(29)30-14)17-8-2-3-10-26-17)18-9-5-11-28(18)16-7-4-6-15(12-16)22(23,24)25/h2-12,14,19-20H,13H2,1H3/t14-,19+,20-/m1/s1. The predicted octanol–water partition coefficient (Wildman–Crippen LogP) is 5.48. The summed E-state index contributed by atoms with van der Waals surface area (Å²) in [6.07, 6.45) is -0.826. The summed E-state index contributed by atoms with van der Waals surface area (Å²) in [5.74, 6) is 0. The van der Waals surface area contributed by atoms with Crippen LogP contribution >= 0.6 is 11.8 Å². The minimum Gasteiger partial charge on any atom is -0.339 e. The second kappa shape index (κ2) is 7.19. The Morgan fingerprint density at radius 2 is 1.93 bits per heavy atom. The van der Waals surface area contributed by atoms with E-state index in [4.69, 9.17) is 4.99 Å². The Morgan fingerprint density at radius 3 is 2.70 bits per heavy atom. The van der Waals surface area contributed by atoms with Gasteiger partial charge in [-0.25, -0.2) is 0 Å². The highest BCUT2D eigenvalue weighted by Crippen LogP contribution is 2.48. The molecular formula is C22H19F3N4S. The van der Waals surface area contributed by atoms with Crippen LogP contribution in [0, 0.1) is 0 Å². The largest absolute Gasteiger partial charge is 0.416 e. The molecule has 0 amide bonds. The SMILES string of the molecule is C[C@@H]1CN2C(=N[C@@H](c3ccccn3)[C@H]2c2cccn2-c2cccc(C(F)(F)F)c2)S1. The van der Waals surface area contributed by atoms with Crippen LogP contribution in [0.3, 0.4) is 0 Å². The smallest absolute Gasteiger partial charge is 0.339 e. The van der Waals surface area contributed by atoms with Crippen LogP contribution in [0.2, 0.25) is 0 Å². The number of benzene rings is 1. The molecule has 8 heteroatoms. The lowest BCUT2D eigenvalue weighted by Gasteiger charge is -2.28. The Bertz CT molecular complexity index is 1090. The van der Waals surface area contributed by atoms with Crippen molar-refractivity contribution in [2.24, 2.45) is 4.99 Å². The molecule has 0 unspecified atom stereocenters. The van der Waals surface area contributed by atoms with Gasteiger partial charge in [-0.1, -0.05) is 30.8 Å². The van der Waals surface area contributed by atoms with Crippen molar-refractivity contribution in [2.75, 3.05) is 6.54 Å². The average Bonchev–Trinajstić information content (AvgIpc) is 3.42. The van der Waals surface area contributed by atoms with Gasteiger partial charge in [0.25, 0.3) is 0 Å². The minimum atomic E-state index is -4.38. The van der Waals surface area contributed by atoms with E-state index < -0.39 is 11.7 Å². The maximum Gasteiger partial charge on any atom is 0.416 e. The first kappa shape index (κ1) is 19.2. The molecule has 2 aromatic heterocycles. The Kier molecular flexibility index (Phi) is 4.61. The van der Waals surface area contributed by atoms with E-state index in [1.165, 1.54) is 12.1 Å². The van der Waals surface area contributed by atoms with E-state index in [0.29, 0.717) is 10.9 Å². The zero-order valence-corrected chi connectivity index (χ0v) is 16.9. The highest BCUT2D eigenvalue weighted by Gasteiger charge is 2.44. The fraction of sp³-hybridized carbons (Fsp3) is 0.273. The number of aromatic nitrogens is 2. The van der Waals surface area contributed by atoms with Crippen LogP contribution < -0.4 is 0 Å². The first-order valence-electron chi connectivity index (χ1n) is 9.69. The average molecular weight is 428 g/mol. The fourth-order valence-electron chi connectivity index (χ4n) is 4.14. The van der Waals surface area contributed by atoms with Crippen LogP contribution in [0.4, 0.5) is 13.2 Å². The number of thioether (sulfide) groups is 1. The minimum absolute atomic E-state index is 0.128. The van der Waals surface area contributed by atoms with Crippen molar-refractivity contribution in [3.05, 3.63) is 83.9 Å². The second-order valence-electron chi connectivity index (χ2n) is 7.49. The molecule has 2 aliphatic heterocycles. The van der Waals surface area contributed by atoms with Gasteiger partial charge in [0.05, 0.1) is 17.3 Å². The summed E-state index contributed by atoms with van der Waals surface area (Å²) >= 11 is 1.73. The van der Waals surface area contributed by atoms with Crippen molar-refractivity contribution in [2.45, 2.75) is 30.4 Å². The third-order valence-electron chi connectivity index (χ3n) is 5.42. The summed E-state index contributed by atoms with van der Waals surface area (Å²) in [5.41, 5.74) is 1.58. The number of hydrogen-bond donors (Lipinski definition) is 0. The van der Waals surface area contributed by atoms with Gasteiger partial charge in [0.2, 0.25) is 0 Å².